The average Bonchev–Trinajstić information content (AvgIpc) is 2.57. The number of nitrogens with zero attached hydrogens (tertiary/aromatic N) is 2. The molecule has 2 rings (SSSR count). The lowest BCUT2D eigenvalue weighted by Crippen LogP contribution is -2.47. The van der Waals surface area contributed by atoms with Crippen LogP contribution in [0.1, 0.15) is 11.1 Å². The zero-order valence-electron chi connectivity index (χ0n) is 9.97. The van der Waals surface area contributed by atoms with Crippen molar-refractivity contribution in [3.8, 4) is 0 Å². The number of hydrogen-bond acceptors (Lipinski definition) is 4. The topological polar surface area (TPSA) is 77.0 Å². The number of esters is 1. The fourth-order valence-corrected chi connectivity index (χ4v) is 2.25. The fourth-order valence-electron chi connectivity index (χ4n) is 2.25. The normalized spacial score (nSPS) is 23.7. The Labute approximate surface area is 114 Å². The van der Waals surface area contributed by atoms with Gasteiger partial charge < -0.3 is 10.6 Å². The summed E-state index contributed by atoms with van der Waals surface area (Å²) in [6.45, 7) is 0. The molecule has 1 aromatic rings. The molecule has 0 saturated heterocycles. The van der Waals surface area contributed by atoms with Crippen LogP contribution in [0.2, 0.25) is 0 Å². The molecule has 19 heavy (non-hydrogen) atoms. The quantitative estimate of drug-likeness (QED) is 0.392. The molecule has 0 spiro atoms. The summed E-state index contributed by atoms with van der Waals surface area (Å²) in [5.41, 5.74) is -2.07. The molecule has 1 aliphatic carbocycles. The molecule has 0 amide bonds. The number of fused-ring (bicyclic) bond motifs is 1. The van der Waals surface area contributed by atoms with Gasteiger partial charge in [0, 0.05) is 12.0 Å². The van der Waals surface area contributed by atoms with Crippen LogP contribution in [0.5, 0.6) is 0 Å². The third-order valence-electron chi connectivity index (χ3n) is 3.04. The van der Waals surface area contributed by atoms with Crippen molar-refractivity contribution >= 4 is 18.4 Å². The molecule has 0 radical (unpaired) electrons. The number of rotatable bonds is 2. The highest BCUT2D eigenvalue weighted by Gasteiger charge is 2.67. The molecule has 104 valence electrons. The molecule has 0 aromatic heterocycles. The second-order valence-electron chi connectivity index (χ2n) is 3.96. The minimum Gasteiger partial charge on any atom is -0.467 e. The standard InChI is InChI=1S/C11H11F2N3O2.ClH/c1-18-9(17)11(15-16-14)8-5-3-2-4-7(8)6-10(11,12)13;/h2-5H,6H2,1H3,(H2,14,15);1H. The Balaban J connectivity index is 0.00000180. The van der Waals surface area contributed by atoms with Gasteiger partial charge in [0.25, 0.3) is 11.5 Å². The van der Waals surface area contributed by atoms with E-state index in [4.69, 9.17) is 5.84 Å². The van der Waals surface area contributed by atoms with E-state index in [1.807, 2.05) is 0 Å². The monoisotopic (exact) mass is 291 g/mol. The lowest BCUT2D eigenvalue weighted by molar-refractivity contribution is -0.164. The second-order valence-corrected chi connectivity index (χ2v) is 3.96. The van der Waals surface area contributed by atoms with E-state index in [1.165, 1.54) is 12.1 Å². The summed E-state index contributed by atoms with van der Waals surface area (Å²) in [5.74, 6) is 0.283. The van der Waals surface area contributed by atoms with Crippen LogP contribution >= 0.6 is 12.4 Å². The molecule has 0 fully saturated rings. The van der Waals surface area contributed by atoms with Crippen LogP contribution < -0.4 is 5.84 Å². The summed E-state index contributed by atoms with van der Waals surface area (Å²) in [7, 11) is 1.02. The summed E-state index contributed by atoms with van der Waals surface area (Å²) in [4.78, 5) is 11.8. The Morgan fingerprint density at radius 1 is 1.42 bits per heavy atom. The van der Waals surface area contributed by atoms with Gasteiger partial charge in [-0.3, -0.25) is 0 Å². The van der Waals surface area contributed by atoms with Crippen molar-refractivity contribution in [3.05, 3.63) is 35.4 Å². The third kappa shape index (κ3) is 1.94. The van der Waals surface area contributed by atoms with Gasteiger partial charge in [-0.2, -0.15) is 0 Å². The zero-order chi connectivity index (χ0) is 13.4. The molecule has 1 aliphatic rings. The minimum absolute atomic E-state index is 0. The van der Waals surface area contributed by atoms with Gasteiger partial charge in [0.2, 0.25) is 0 Å². The maximum atomic E-state index is 14.2. The van der Waals surface area contributed by atoms with Crippen LogP contribution in [0.25, 0.3) is 0 Å². The molecule has 8 heteroatoms. The van der Waals surface area contributed by atoms with Crippen LogP contribution in [0.4, 0.5) is 8.78 Å². The van der Waals surface area contributed by atoms with Crippen molar-refractivity contribution in [1.82, 2.24) is 0 Å². The number of carbonyl (C=O) groups excluding carboxylic acids is 1. The summed E-state index contributed by atoms with van der Waals surface area (Å²) >= 11 is 0. The van der Waals surface area contributed by atoms with Gasteiger partial charge in [-0.25, -0.2) is 13.6 Å². The summed E-state index contributed by atoms with van der Waals surface area (Å²) < 4.78 is 32.8. The van der Waals surface area contributed by atoms with E-state index in [-0.39, 0.29) is 18.0 Å². The van der Waals surface area contributed by atoms with E-state index in [1.54, 1.807) is 12.1 Å². The number of ether oxygens (including phenoxy) is 1. The molecule has 5 nitrogen and oxygen atoms in total. The van der Waals surface area contributed by atoms with E-state index >= 15 is 0 Å². The third-order valence-corrected chi connectivity index (χ3v) is 3.04. The van der Waals surface area contributed by atoms with Gasteiger partial charge in [0.1, 0.15) is 0 Å². The molecular formula is C11H12ClF2N3O2. The van der Waals surface area contributed by atoms with E-state index in [2.05, 4.69) is 15.1 Å². The van der Waals surface area contributed by atoms with Crippen molar-refractivity contribution in [2.75, 3.05) is 7.11 Å². The molecule has 0 heterocycles. The highest BCUT2D eigenvalue weighted by molar-refractivity contribution is 5.86. The summed E-state index contributed by atoms with van der Waals surface area (Å²) in [6, 6.07) is 6.08. The molecule has 0 aliphatic heterocycles. The Kier molecular flexibility index (Phi) is 4.09. The van der Waals surface area contributed by atoms with Crippen molar-refractivity contribution in [1.29, 1.82) is 0 Å². The van der Waals surface area contributed by atoms with Crippen LogP contribution in [0.15, 0.2) is 34.6 Å². The molecule has 0 saturated carbocycles. The van der Waals surface area contributed by atoms with Gasteiger partial charge in [-0.1, -0.05) is 29.5 Å². The van der Waals surface area contributed by atoms with Crippen LogP contribution in [0, 0.1) is 0 Å². The summed E-state index contributed by atoms with van der Waals surface area (Å²) in [5, 5.41) is 6.20. The number of alkyl halides is 2. The van der Waals surface area contributed by atoms with Crippen molar-refractivity contribution in [2.45, 2.75) is 17.9 Å². The summed E-state index contributed by atoms with van der Waals surface area (Å²) in [6.07, 6.45) is -0.600. The predicted octanol–water partition coefficient (Wildman–Crippen LogP) is 1.99. The maximum Gasteiger partial charge on any atom is 0.346 e. The second kappa shape index (κ2) is 5.08. The minimum atomic E-state index is -3.42. The molecule has 1 unspecified atom stereocenters. The van der Waals surface area contributed by atoms with Gasteiger partial charge in [0.05, 0.1) is 7.11 Å². The Morgan fingerprint density at radius 2 is 2.05 bits per heavy atom. The largest absolute Gasteiger partial charge is 0.467 e. The van der Waals surface area contributed by atoms with Crippen LogP contribution in [0.3, 0.4) is 0 Å². The average molecular weight is 292 g/mol. The van der Waals surface area contributed by atoms with E-state index in [0.717, 1.165) is 7.11 Å². The highest BCUT2D eigenvalue weighted by atomic mass is 35.5. The first-order valence-corrected chi connectivity index (χ1v) is 5.16. The van der Waals surface area contributed by atoms with Crippen molar-refractivity contribution < 1.29 is 18.3 Å². The first kappa shape index (κ1) is 15.3. The molecule has 2 N–H and O–H groups in total. The van der Waals surface area contributed by atoms with Crippen molar-refractivity contribution in [2.24, 2.45) is 16.2 Å². The lowest BCUT2D eigenvalue weighted by atomic mass is 9.90. The number of halogens is 3. The zero-order valence-corrected chi connectivity index (χ0v) is 10.8. The van der Waals surface area contributed by atoms with E-state index < -0.39 is 23.9 Å². The first-order valence-electron chi connectivity index (χ1n) is 5.16. The number of methoxy groups -OCH3 is 1. The highest BCUT2D eigenvalue weighted by Crippen LogP contribution is 2.51. The number of nitrogens with two attached hydrogens (primary N) is 1. The molecule has 1 aromatic carbocycles. The SMILES string of the molecule is COC(=O)C1(/N=N/N)c2ccccc2CC1(F)F.Cl. The lowest BCUT2D eigenvalue weighted by Gasteiger charge is -2.27. The van der Waals surface area contributed by atoms with E-state index in [9.17, 15) is 13.6 Å². The Morgan fingerprint density at radius 3 is 2.63 bits per heavy atom. The van der Waals surface area contributed by atoms with Gasteiger partial charge in [-0.05, 0) is 5.56 Å². The number of benzene rings is 1. The number of hydrogen-bond donors (Lipinski definition) is 1. The van der Waals surface area contributed by atoms with Crippen LogP contribution in [-0.2, 0) is 21.5 Å². The molecule has 1 atom stereocenters. The Hall–Kier alpha value is -1.76. The molecule has 0 bridgehead atoms. The van der Waals surface area contributed by atoms with Gasteiger partial charge in [-0.15, -0.1) is 17.5 Å². The fraction of sp³-hybridized carbons (Fsp3) is 0.364. The first-order chi connectivity index (χ1) is 8.49. The van der Waals surface area contributed by atoms with Gasteiger partial charge >= 0.3 is 5.97 Å². The maximum absolute atomic E-state index is 14.2. The number of carbonyl (C=O) groups is 1. The Bertz CT molecular complexity index is 524. The van der Waals surface area contributed by atoms with Crippen molar-refractivity contribution in [3.63, 3.8) is 0 Å². The predicted molar refractivity (Wildman–Crippen MR) is 65.1 cm³/mol. The van der Waals surface area contributed by atoms with Gasteiger partial charge in [0.15, 0.2) is 0 Å². The van der Waals surface area contributed by atoms with E-state index in [0.29, 0.717) is 5.56 Å². The van der Waals surface area contributed by atoms with Crippen LogP contribution in [-0.4, -0.2) is 19.0 Å². The molecular weight excluding hydrogens is 280 g/mol. The smallest absolute Gasteiger partial charge is 0.346 e.